The topological polar surface area (TPSA) is 20.2 Å². The van der Waals surface area contributed by atoms with Gasteiger partial charge in [-0.3, -0.25) is 0 Å². The van der Waals surface area contributed by atoms with Crippen LogP contribution in [0.5, 0.6) is 0 Å². The summed E-state index contributed by atoms with van der Waals surface area (Å²) in [6.07, 6.45) is 15.0. The van der Waals surface area contributed by atoms with Crippen LogP contribution in [0.15, 0.2) is 11.8 Å². The lowest BCUT2D eigenvalue weighted by molar-refractivity contribution is 0.309. The van der Waals surface area contributed by atoms with Crippen LogP contribution in [0.1, 0.15) is 64.2 Å². The fourth-order valence-corrected chi connectivity index (χ4v) is 3.42. The maximum absolute atomic E-state index is 9.47. The lowest BCUT2D eigenvalue weighted by Gasteiger charge is -2.31. The van der Waals surface area contributed by atoms with E-state index in [2.05, 4.69) is 0 Å². The molecule has 0 amide bonds. The van der Waals surface area contributed by atoms with Gasteiger partial charge in [-0.15, -0.1) is 0 Å². The largest absolute Gasteiger partial charge is 0.516 e. The van der Waals surface area contributed by atoms with Crippen molar-refractivity contribution < 1.29 is 5.11 Å². The van der Waals surface area contributed by atoms with E-state index in [0.717, 1.165) is 0 Å². The minimum Gasteiger partial charge on any atom is -0.516 e. The molecule has 0 aromatic heterocycles. The molecule has 0 saturated heterocycles. The number of hydrogen-bond donors (Lipinski definition) is 1. The van der Waals surface area contributed by atoms with Crippen molar-refractivity contribution in [2.45, 2.75) is 64.2 Å². The minimum atomic E-state index is 0.715. The number of aliphatic hydroxyl groups is 1. The highest BCUT2D eigenvalue weighted by molar-refractivity contribution is 5.09. The van der Waals surface area contributed by atoms with Gasteiger partial charge in [-0.25, -0.2) is 0 Å². The second kappa shape index (κ2) is 5.58. The molecule has 2 rings (SSSR count). The van der Waals surface area contributed by atoms with E-state index >= 15 is 0 Å². The van der Waals surface area contributed by atoms with Crippen LogP contribution in [0.2, 0.25) is 0 Å². The number of allylic oxidation sites excluding steroid dienone is 1. The van der Waals surface area contributed by atoms with Gasteiger partial charge in [-0.1, -0.05) is 38.5 Å². The van der Waals surface area contributed by atoms with Crippen LogP contribution in [-0.2, 0) is 0 Å². The molecule has 2 aliphatic rings. The fourth-order valence-electron chi connectivity index (χ4n) is 3.42. The van der Waals surface area contributed by atoms with E-state index in [1.165, 1.54) is 76.0 Å². The van der Waals surface area contributed by atoms with Crippen molar-refractivity contribution in [2.24, 2.45) is 11.8 Å². The van der Waals surface area contributed by atoms with Crippen LogP contribution in [0, 0.1) is 11.8 Å². The van der Waals surface area contributed by atoms with Crippen LogP contribution in [0.4, 0.5) is 0 Å². The average molecular weight is 208 g/mol. The summed E-state index contributed by atoms with van der Waals surface area (Å²) < 4.78 is 0. The van der Waals surface area contributed by atoms with Gasteiger partial charge in [0.15, 0.2) is 0 Å². The number of aliphatic hydroxyl groups excluding tert-OH is 1. The molecule has 2 fully saturated rings. The molecule has 2 saturated carbocycles. The Labute approximate surface area is 93.6 Å². The Bertz CT molecular complexity index is 187. The molecule has 0 radical (unpaired) electrons. The molecule has 86 valence electrons. The third-order valence-electron chi connectivity index (χ3n) is 4.30. The normalized spacial score (nSPS) is 25.1. The highest BCUT2D eigenvalue weighted by atomic mass is 16.2. The molecule has 0 bridgehead atoms. The average Bonchev–Trinajstić information content (AvgIpc) is 2.33. The predicted octanol–water partition coefficient (Wildman–Crippen LogP) is 4.59. The summed E-state index contributed by atoms with van der Waals surface area (Å²) in [5.74, 6) is 1.43. The highest BCUT2D eigenvalue weighted by Crippen LogP contribution is 2.39. The smallest absolute Gasteiger partial charge is 0.0789 e. The summed E-state index contributed by atoms with van der Waals surface area (Å²) in [4.78, 5) is 0. The Balaban J connectivity index is 1.95. The van der Waals surface area contributed by atoms with E-state index in [9.17, 15) is 5.11 Å². The lowest BCUT2D eigenvalue weighted by atomic mass is 9.74. The van der Waals surface area contributed by atoms with Crippen molar-refractivity contribution in [3.63, 3.8) is 0 Å². The van der Waals surface area contributed by atoms with Gasteiger partial charge in [-0.2, -0.15) is 0 Å². The maximum atomic E-state index is 9.47. The first-order chi connectivity index (χ1) is 7.42. The van der Waals surface area contributed by atoms with Crippen molar-refractivity contribution in [2.75, 3.05) is 0 Å². The second-order valence-electron chi connectivity index (χ2n) is 5.30. The first-order valence-electron chi connectivity index (χ1n) is 6.76. The molecule has 2 aliphatic carbocycles. The van der Waals surface area contributed by atoms with Crippen molar-refractivity contribution in [3.8, 4) is 0 Å². The van der Waals surface area contributed by atoms with Crippen molar-refractivity contribution >= 4 is 0 Å². The molecular weight excluding hydrogens is 184 g/mol. The maximum Gasteiger partial charge on any atom is 0.0789 e. The molecule has 1 heteroatoms. The van der Waals surface area contributed by atoms with Crippen molar-refractivity contribution in [1.82, 2.24) is 0 Å². The van der Waals surface area contributed by atoms with Gasteiger partial charge in [-0.05, 0) is 43.1 Å². The van der Waals surface area contributed by atoms with Crippen LogP contribution >= 0.6 is 0 Å². The summed E-state index contributed by atoms with van der Waals surface area (Å²) in [6, 6.07) is 0. The molecule has 0 aromatic carbocycles. The molecule has 0 aliphatic heterocycles. The van der Waals surface area contributed by atoms with Gasteiger partial charge in [0.25, 0.3) is 0 Å². The molecular formula is C14H24O. The lowest BCUT2D eigenvalue weighted by Crippen LogP contribution is -2.18. The summed E-state index contributed by atoms with van der Waals surface area (Å²) in [7, 11) is 0. The monoisotopic (exact) mass is 208 g/mol. The summed E-state index contributed by atoms with van der Waals surface area (Å²) in [5, 5.41) is 9.47. The van der Waals surface area contributed by atoms with Crippen LogP contribution in [0.3, 0.4) is 0 Å². The van der Waals surface area contributed by atoms with Gasteiger partial charge in [0.2, 0.25) is 0 Å². The molecule has 0 atom stereocenters. The van der Waals surface area contributed by atoms with Crippen LogP contribution in [-0.4, -0.2) is 5.11 Å². The summed E-state index contributed by atoms with van der Waals surface area (Å²) >= 11 is 0. The van der Waals surface area contributed by atoms with Gasteiger partial charge >= 0.3 is 0 Å². The minimum absolute atomic E-state index is 0.715. The van der Waals surface area contributed by atoms with E-state index in [1.807, 2.05) is 0 Å². The molecule has 0 unspecified atom stereocenters. The van der Waals surface area contributed by atoms with Crippen LogP contribution in [0.25, 0.3) is 0 Å². The third kappa shape index (κ3) is 2.76. The van der Waals surface area contributed by atoms with Crippen molar-refractivity contribution in [3.05, 3.63) is 11.8 Å². The van der Waals surface area contributed by atoms with E-state index in [0.29, 0.717) is 11.8 Å². The zero-order chi connectivity index (χ0) is 10.5. The zero-order valence-corrected chi connectivity index (χ0v) is 9.75. The van der Waals surface area contributed by atoms with Crippen LogP contribution < -0.4 is 0 Å². The zero-order valence-electron chi connectivity index (χ0n) is 9.75. The predicted molar refractivity (Wildman–Crippen MR) is 63.9 cm³/mol. The quantitative estimate of drug-likeness (QED) is 0.658. The van der Waals surface area contributed by atoms with E-state index < -0.39 is 0 Å². The summed E-state index contributed by atoms with van der Waals surface area (Å²) in [6.45, 7) is 0. The molecule has 1 N–H and O–H groups in total. The molecule has 1 nitrogen and oxygen atoms in total. The Morgan fingerprint density at radius 1 is 0.733 bits per heavy atom. The van der Waals surface area contributed by atoms with Gasteiger partial charge in [0.1, 0.15) is 0 Å². The van der Waals surface area contributed by atoms with E-state index in [-0.39, 0.29) is 0 Å². The fraction of sp³-hybridized carbons (Fsp3) is 0.857. The Morgan fingerprint density at radius 2 is 1.13 bits per heavy atom. The summed E-state index contributed by atoms with van der Waals surface area (Å²) in [5.41, 5.74) is 1.40. The number of rotatable bonds is 2. The molecule has 15 heavy (non-hydrogen) atoms. The molecule has 0 spiro atoms. The van der Waals surface area contributed by atoms with Gasteiger partial charge < -0.3 is 5.11 Å². The highest BCUT2D eigenvalue weighted by Gasteiger charge is 2.25. The standard InChI is InChI=1S/C14H24O/c15-11-14(12-7-3-1-4-8-12)13-9-5-2-6-10-13/h11-13,15H,1-10H2. The first-order valence-corrected chi connectivity index (χ1v) is 6.76. The SMILES string of the molecule is OC=C(C1CCCCC1)C1CCCCC1. The van der Waals surface area contributed by atoms with Crippen molar-refractivity contribution in [1.29, 1.82) is 0 Å². The Kier molecular flexibility index (Phi) is 4.10. The van der Waals surface area contributed by atoms with E-state index in [1.54, 1.807) is 0 Å². The second-order valence-corrected chi connectivity index (χ2v) is 5.30. The Morgan fingerprint density at radius 3 is 1.47 bits per heavy atom. The third-order valence-corrected chi connectivity index (χ3v) is 4.30. The number of hydrogen-bond acceptors (Lipinski definition) is 1. The Hall–Kier alpha value is -0.460. The van der Waals surface area contributed by atoms with Gasteiger partial charge in [0, 0.05) is 0 Å². The van der Waals surface area contributed by atoms with Gasteiger partial charge in [0.05, 0.1) is 6.26 Å². The molecule has 0 aromatic rings. The molecule has 0 heterocycles. The van der Waals surface area contributed by atoms with E-state index in [4.69, 9.17) is 0 Å². The first kappa shape index (κ1) is 11.0.